The van der Waals surface area contributed by atoms with Crippen LogP contribution in [0, 0.1) is 0 Å². The first-order chi connectivity index (χ1) is 4.00. The second-order valence-corrected chi connectivity index (χ2v) is 1.02. The van der Waals surface area contributed by atoms with Crippen LogP contribution in [0.2, 0.25) is 0 Å². The molecule has 0 bridgehead atoms. The van der Waals surface area contributed by atoms with Gasteiger partial charge in [0.1, 0.15) is 0 Å². The Bertz CT molecular complexity index is 78.8. The van der Waals surface area contributed by atoms with Crippen LogP contribution < -0.4 is 6.15 Å². The summed E-state index contributed by atoms with van der Waals surface area (Å²) in [5, 5.41) is 0. The van der Waals surface area contributed by atoms with Gasteiger partial charge in [0.25, 0.3) is 0 Å². The van der Waals surface area contributed by atoms with Crippen molar-refractivity contribution in [2.45, 2.75) is 13.8 Å². The highest BCUT2D eigenvalue weighted by Crippen LogP contribution is 1.73. The maximum atomic E-state index is 3.78. The van der Waals surface area contributed by atoms with Gasteiger partial charge in [-0.05, 0) is 12.1 Å². The molecule has 0 amide bonds. The van der Waals surface area contributed by atoms with E-state index in [0.717, 1.165) is 0 Å². The molecule has 0 atom stereocenters. The summed E-state index contributed by atoms with van der Waals surface area (Å²) in [7, 11) is 0. The highest BCUT2D eigenvalue weighted by Gasteiger charge is 1.58. The summed E-state index contributed by atoms with van der Waals surface area (Å²) >= 11 is 0. The Morgan fingerprint density at radius 2 is 1.33 bits per heavy atom. The Morgan fingerprint density at radius 1 is 0.889 bits per heavy atom. The fraction of sp³-hybridized carbons (Fsp3) is 0.286. The van der Waals surface area contributed by atoms with Gasteiger partial charge in [0, 0.05) is 12.4 Å². The van der Waals surface area contributed by atoms with Crippen LogP contribution in [0.4, 0.5) is 0 Å². The van der Waals surface area contributed by atoms with Gasteiger partial charge in [-0.1, -0.05) is 19.9 Å². The zero-order valence-electron chi connectivity index (χ0n) is 6.04. The van der Waals surface area contributed by atoms with Crippen LogP contribution in [0.3, 0.4) is 0 Å². The van der Waals surface area contributed by atoms with E-state index in [9.17, 15) is 0 Å². The Labute approximate surface area is 56.5 Å². The molecule has 0 fully saturated rings. The normalized spacial score (nSPS) is 6.00. The number of nitrogens with zero attached hydrogens (tertiary/aromatic N) is 1. The lowest BCUT2D eigenvalue weighted by Crippen LogP contribution is -1.58. The Balaban J connectivity index is 0. The maximum Gasteiger partial charge on any atom is 0.0267 e. The lowest BCUT2D eigenvalue weighted by Gasteiger charge is -1.70. The molecule has 0 saturated heterocycles. The van der Waals surface area contributed by atoms with E-state index >= 15 is 0 Å². The summed E-state index contributed by atoms with van der Waals surface area (Å²) < 4.78 is 0. The van der Waals surface area contributed by atoms with Crippen LogP contribution in [0.1, 0.15) is 13.8 Å². The molecule has 0 radical (unpaired) electrons. The zero-order valence-corrected chi connectivity index (χ0v) is 6.04. The molecule has 1 heterocycles. The first-order valence-corrected chi connectivity index (χ1v) is 2.85. The highest BCUT2D eigenvalue weighted by molar-refractivity contribution is 4.88. The van der Waals surface area contributed by atoms with Crippen LogP contribution in [0.15, 0.2) is 30.6 Å². The fourth-order valence-corrected chi connectivity index (χ4v) is 0.313. The molecule has 0 unspecified atom stereocenters. The summed E-state index contributed by atoms with van der Waals surface area (Å²) in [5.41, 5.74) is 0. The fourth-order valence-electron chi connectivity index (χ4n) is 0.313. The van der Waals surface area contributed by atoms with E-state index in [4.69, 9.17) is 0 Å². The van der Waals surface area contributed by atoms with Gasteiger partial charge in [-0.3, -0.25) is 4.98 Å². The van der Waals surface area contributed by atoms with Gasteiger partial charge in [0.05, 0.1) is 0 Å². The van der Waals surface area contributed by atoms with Crippen LogP contribution in [-0.4, -0.2) is 4.98 Å². The van der Waals surface area contributed by atoms with Gasteiger partial charge in [0.2, 0.25) is 0 Å². The molecular formula is C7H14N2. The lowest BCUT2D eigenvalue weighted by molar-refractivity contribution is 1.33. The van der Waals surface area contributed by atoms with E-state index in [-0.39, 0.29) is 6.15 Å². The van der Waals surface area contributed by atoms with Crippen molar-refractivity contribution in [2.75, 3.05) is 0 Å². The van der Waals surface area contributed by atoms with E-state index in [1.807, 2.05) is 32.0 Å². The minimum absolute atomic E-state index is 0. The zero-order chi connectivity index (χ0) is 6.24. The average Bonchev–Trinajstić information content (AvgIpc) is 1.96. The van der Waals surface area contributed by atoms with Crippen molar-refractivity contribution in [2.24, 2.45) is 0 Å². The molecule has 0 spiro atoms. The number of rotatable bonds is 0. The second kappa shape index (κ2) is 10.2. The minimum atomic E-state index is 0. The minimum Gasteiger partial charge on any atom is -0.344 e. The molecule has 2 nitrogen and oxygen atoms in total. The molecule has 1 rings (SSSR count). The Kier molecular flexibility index (Phi) is 12.4. The molecule has 52 valence electrons. The molecule has 1 aromatic rings. The molecule has 0 saturated carbocycles. The number of aromatic nitrogens is 1. The monoisotopic (exact) mass is 126 g/mol. The van der Waals surface area contributed by atoms with Crippen molar-refractivity contribution in [3.63, 3.8) is 0 Å². The van der Waals surface area contributed by atoms with Crippen molar-refractivity contribution >= 4 is 0 Å². The molecule has 9 heavy (non-hydrogen) atoms. The SMILES string of the molecule is CC.N.c1ccncc1. The third-order valence-corrected chi connectivity index (χ3v) is 0.566. The van der Waals surface area contributed by atoms with Gasteiger partial charge in [-0.15, -0.1) is 0 Å². The van der Waals surface area contributed by atoms with Crippen molar-refractivity contribution in [1.29, 1.82) is 0 Å². The molecule has 3 N–H and O–H groups in total. The predicted octanol–water partition coefficient (Wildman–Crippen LogP) is 2.27. The van der Waals surface area contributed by atoms with Crippen LogP contribution in [-0.2, 0) is 0 Å². The quantitative estimate of drug-likeness (QED) is 0.579. The van der Waals surface area contributed by atoms with Gasteiger partial charge < -0.3 is 6.15 Å². The first kappa shape index (κ1) is 11.0. The summed E-state index contributed by atoms with van der Waals surface area (Å²) in [6.07, 6.45) is 3.50. The van der Waals surface area contributed by atoms with Gasteiger partial charge in [-0.2, -0.15) is 0 Å². The van der Waals surface area contributed by atoms with Crippen LogP contribution >= 0.6 is 0 Å². The lowest BCUT2D eigenvalue weighted by atomic mass is 10.5. The maximum absolute atomic E-state index is 3.78. The Hall–Kier alpha value is -0.890. The Morgan fingerprint density at radius 3 is 1.44 bits per heavy atom. The molecule has 0 aromatic carbocycles. The highest BCUT2D eigenvalue weighted by atomic mass is 14.6. The smallest absolute Gasteiger partial charge is 0.0267 e. The largest absolute Gasteiger partial charge is 0.344 e. The topological polar surface area (TPSA) is 47.9 Å². The predicted molar refractivity (Wildman–Crippen MR) is 40.6 cm³/mol. The van der Waals surface area contributed by atoms with Crippen LogP contribution in [0.5, 0.6) is 0 Å². The first-order valence-electron chi connectivity index (χ1n) is 2.85. The molecule has 0 aliphatic carbocycles. The van der Waals surface area contributed by atoms with E-state index in [0.29, 0.717) is 0 Å². The van der Waals surface area contributed by atoms with Crippen molar-refractivity contribution < 1.29 is 0 Å². The molecule has 0 aliphatic heterocycles. The second-order valence-electron chi connectivity index (χ2n) is 1.02. The van der Waals surface area contributed by atoms with Crippen molar-refractivity contribution in [3.8, 4) is 0 Å². The molecule has 2 heteroatoms. The summed E-state index contributed by atoms with van der Waals surface area (Å²) in [6.45, 7) is 4.00. The van der Waals surface area contributed by atoms with Crippen LogP contribution in [0.25, 0.3) is 0 Å². The van der Waals surface area contributed by atoms with Gasteiger partial charge in [-0.25, -0.2) is 0 Å². The van der Waals surface area contributed by atoms with E-state index in [1.54, 1.807) is 12.4 Å². The number of hydrogen-bond acceptors (Lipinski definition) is 2. The molecule has 0 aliphatic rings. The van der Waals surface area contributed by atoms with E-state index < -0.39 is 0 Å². The molecule has 1 aromatic heterocycles. The average molecular weight is 126 g/mol. The van der Waals surface area contributed by atoms with Crippen molar-refractivity contribution in [1.82, 2.24) is 11.1 Å². The summed E-state index contributed by atoms with van der Waals surface area (Å²) in [5.74, 6) is 0. The number of hydrogen-bond donors (Lipinski definition) is 1. The summed E-state index contributed by atoms with van der Waals surface area (Å²) in [4.78, 5) is 3.78. The molecular weight excluding hydrogens is 112 g/mol. The third kappa shape index (κ3) is 7.11. The standard InChI is InChI=1S/C5H5N.C2H6.H3N/c1-2-4-6-5-3-1;1-2;/h1-5H;1-2H3;1H3. The summed E-state index contributed by atoms with van der Waals surface area (Å²) in [6, 6.07) is 5.72. The van der Waals surface area contributed by atoms with E-state index in [2.05, 4.69) is 4.98 Å². The van der Waals surface area contributed by atoms with Gasteiger partial charge in [0.15, 0.2) is 0 Å². The van der Waals surface area contributed by atoms with Gasteiger partial charge >= 0.3 is 0 Å². The van der Waals surface area contributed by atoms with E-state index in [1.165, 1.54) is 0 Å². The third-order valence-electron chi connectivity index (χ3n) is 0.566. The van der Waals surface area contributed by atoms with Crippen molar-refractivity contribution in [3.05, 3.63) is 30.6 Å². The number of pyridine rings is 1.